The van der Waals surface area contributed by atoms with Gasteiger partial charge in [0.2, 0.25) is 0 Å². The van der Waals surface area contributed by atoms with E-state index in [9.17, 15) is 25.3 Å². The molecule has 0 fully saturated rings. The van der Waals surface area contributed by atoms with E-state index in [1.807, 2.05) is 19.1 Å². The van der Waals surface area contributed by atoms with Gasteiger partial charge in [0.05, 0.1) is 23.2 Å². The third-order valence-electron chi connectivity index (χ3n) is 4.30. The Balaban J connectivity index is 1.82. The lowest BCUT2D eigenvalue weighted by Gasteiger charge is -2.13. The molecular weight excluding hydrogens is 416 g/mol. The molecule has 0 atom stereocenters. The van der Waals surface area contributed by atoms with E-state index in [1.165, 1.54) is 6.08 Å². The minimum absolute atomic E-state index is 0.0514. The zero-order chi connectivity index (χ0) is 23.1. The zero-order valence-corrected chi connectivity index (χ0v) is 16.9. The summed E-state index contributed by atoms with van der Waals surface area (Å²) in [6.45, 7) is 2.40. The van der Waals surface area contributed by atoms with Crippen LogP contribution in [0.25, 0.3) is 12.2 Å². The van der Waals surface area contributed by atoms with Crippen LogP contribution in [-0.4, -0.2) is 26.6 Å². The maximum atomic E-state index is 11.7. The first-order valence-electron chi connectivity index (χ1n) is 9.46. The standard InChI is InChI=1S/C22H18N4O6/c1-2-31-18-11-14(8-10-19-24-21(27)20(26(29)30)22(28)25-19)7-9-17(18)32-13-16-6-4-3-5-15(16)12-23/h3-11H,2,13H2,1H3,(H2,24,25,27,28). The smallest absolute Gasteiger partial charge is 0.395 e. The second-order valence-electron chi connectivity index (χ2n) is 6.41. The number of benzene rings is 2. The van der Waals surface area contributed by atoms with Crippen molar-refractivity contribution in [2.75, 3.05) is 6.61 Å². The Kier molecular flexibility index (Phi) is 6.82. The first-order valence-corrected chi connectivity index (χ1v) is 9.46. The highest BCUT2D eigenvalue weighted by Crippen LogP contribution is 2.30. The van der Waals surface area contributed by atoms with Crippen LogP contribution in [0.1, 0.15) is 29.4 Å². The highest BCUT2D eigenvalue weighted by atomic mass is 16.6. The third-order valence-corrected chi connectivity index (χ3v) is 4.30. The van der Waals surface area contributed by atoms with E-state index in [1.54, 1.807) is 36.4 Å². The fourth-order valence-electron chi connectivity index (χ4n) is 2.82. The van der Waals surface area contributed by atoms with E-state index in [4.69, 9.17) is 9.47 Å². The summed E-state index contributed by atoms with van der Waals surface area (Å²) in [7, 11) is 0. The zero-order valence-electron chi connectivity index (χ0n) is 16.9. The second-order valence-corrected chi connectivity index (χ2v) is 6.41. The van der Waals surface area contributed by atoms with Crippen molar-refractivity contribution in [2.24, 2.45) is 0 Å². The molecule has 0 bridgehead atoms. The average molecular weight is 434 g/mol. The number of nitro groups is 1. The summed E-state index contributed by atoms with van der Waals surface area (Å²) >= 11 is 0. The van der Waals surface area contributed by atoms with Crippen molar-refractivity contribution < 1.29 is 19.5 Å². The first-order chi connectivity index (χ1) is 15.4. The fourth-order valence-corrected chi connectivity index (χ4v) is 2.82. The molecule has 2 aromatic carbocycles. The van der Waals surface area contributed by atoms with Gasteiger partial charge in [-0.1, -0.05) is 30.3 Å². The predicted octanol–water partition coefficient (Wildman–Crippen LogP) is 3.40. The monoisotopic (exact) mass is 434 g/mol. The van der Waals surface area contributed by atoms with Gasteiger partial charge in [-0.05, 0) is 36.8 Å². The molecule has 1 aromatic heterocycles. The van der Waals surface area contributed by atoms with E-state index >= 15 is 0 Å². The number of aromatic amines is 1. The van der Waals surface area contributed by atoms with Crippen molar-refractivity contribution in [3.05, 3.63) is 85.4 Å². The highest BCUT2D eigenvalue weighted by molar-refractivity contribution is 5.68. The van der Waals surface area contributed by atoms with Crippen LogP contribution in [0, 0.1) is 21.4 Å². The third kappa shape index (κ3) is 5.09. The lowest BCUT2D eigenvalue weighted by molar-refractivity contribution is -0.387. The number of hydrogen-bond donors (Lipinski definition) is 2. The summed E-state index contributed by atoms with van der Waals surface area (Å²) < 4.78 is 11.5. The fraction of sp³-hybridized carbons (Fsp3) is 0.136. The molecule has 162 valence electrons. The van der Waals surface area contributed by atoms with Gasteiger partial charge in [0.1, 0.15) is 12.4 Å². The molecule has 0 amide bonds. The number of nitrogens with one attached hydrogen (secondary N) is 1. The van der Waals surface area contributed by atoms with Crippen LogP contribution in [0.4, 0.5) is 5.69 Å². The molecule has 0 unspecified atom stereocenters. The Labute approximate surface area is 182 Å². The van der Waals surface area contributed by atoms with Crippen LogP contribution in [-0.2, 0) is 6.61 Å². The molecule has 0 saturated heterocycles. The van der Waals surface area contributed by atoms with E-state index in [2.05, 4.69) is 16.0 Å². The SMILES string of the molecule is CCOc1cc(C=Cc2nc(O)c([N+](=O)[O-])c(=O)[nH]2)ccc1OCc1ccccc1C#N. The summed E-state index contributed by atoms with van der Waals surface area (Å²) in [5.41, 5.74) is -0.134. The van der Waals surface area contributed by atoms with E-state index < -0.39 is 22.0 Å². The molecular formula is C22H18N4O6. The molecule has 0 aliphatic rings. The van der Waals surface area contributed by atoms with Crippen molar-refractivity contribution in [1.82, 2.24) is 9.97 Å². The molecule has 1 heterocycles. The Hall–Kier alpha value is -4.65. The molecule has 0 spiro atoms. The molecule has 10 heteroatoms. The summed E-state index contributed by atoms with van der Waals surface area (Å²) in [5, 5.41) is 29.6. The molecule has 0 saturated carbocycles. The van der Waals surface area contributed by atoms with Crippen LogP contribution < -0.4 is 15.0 Å². The van der Waals surface area contributed by atoms with Gasteiger partial charge in [-0.3, -0.25) is 14.9 Å². The van der Waals surface area contributed by atoms with Gasteiger partial charge in [-0.25, -0.2) is 0 Å². The molecule has 3 rings (SSSR count). The van der Waals surface area contributed by atoms with Crippen molar-refractivity contribution in [3.8, 4) is 23.4 Å². The lowest BCUT2D eigenvalue weighted by atomic mass is 10.1. The molecule has 0 aliphatic carbocycles. The van der Waals surface area contributed by atoms with Gasteiger partial charge in [-0.15, -0.1) is 0 Å². The van der Waals surface area contributed by atoms with Gasteiger partial charge in [0.25, 0.3) is 5.88 Å². The number of aromatic hydroxyl groups is 1. The van der Waals surface area contributed by atoms with Crippen LogP contribution in [0.15, 0.2) is 47.3 Å². The minimum Gasteiger partial charge on any atom is -0.490 e. The normalized spacial score (nSPS) is 10.6. The topological polar surface area (TPSA) is 151 Å². The van der Waals surface area contributed by atoms with Gasteiger partial charge in [-0.2, -0.15) is 10.2 Å². The van der Waals surface area contributed by atoms with Gasteiger partial charge in [0.15, 0.2) is 11.5 Å². The van der Waals surface area contributed by atoms with Crippen molar-refractivity contribution in [2.45, 2.75) is 13.5 Å². The number of hydrogen-bond acceptors (Lipinski definition) is 8. The van der Waals surface area contributed by atoms with Crippen molar-refractivity contribution in [1.29, 1.82) is 5.26 Å². The molecule has 32 heavy (non-hydrogen) atoms. The number of nitrogens with zero attached hydrogens (tertiary/aromatic N) is 3. The Bertz CT molecular complexity index is 1280. The average Bonchev–Trinajstić information content (AvgIpc) is 2.76. The Morgan fingerprint density at radius 2 is 2.00 bits per heavy atom. The molecule has 0 aliphatic heterocycles. The number of nitriles is 1. The van der Waals surface area contributed by atoms with Gasteiger partial charge in [0, 0.05) is 5.56 Å². The Morgan fingerprint density at radius 3 is 2.69 bits per heavy atom. The number of ether oxygens (including phenoxy) is 2. The highest BCUT2D eigenvalue weighted by Gasteiger charge is 2.21. The van der Waals surface area contributed by atoms with Crippen LogP contribution in [0.3, 0.4) is 0 Å². The van der Waals surface area contributed by atoms with E-state index in [0.717, 1.165) is 5.56 Å². The largest absolute Gasteiger partial charge is 0.490 e. The maximum absolute atomic E-state index is 11.7. The molecule has 3 aromatic rings. The predicted molar refractivity (Wildman–Crippen MR) is 115 cm³/mol. The molecule has 10 nitrogen and oxygen atoms in total. The number of aromatic nitrogens is 2. The van der Waals surface area contributed by atoms with Gasteiger partial charge < -0.3 is 19.6 Å². The first kappa shape index (κ1) is 22.0. The van der Waals surface area contributed by atoms with Crippen LogP contribution in [0.2, 0.25) is 0 Å². The molecule has 0 radical (unpaired) electrons. The van der Waals surface area contributed by atoms with Crippen molar-refractivity contribution >= 4 is 17.8 Å². The summed E-state index contributed by atoms with van der Waals surface area (Å²) in [5.74, 6) is -0.0624. The number of rotatable bonds is 8. The Morgan fingerprint density at radius 1 is 1.22 bits per heavy atom. The van der Waals surface area contributed by atoms with Crippen LogP contribution in [0.5, 0.6) is 17.4 Å². The van der Waals surface area contributed by atoms with Crippen LogP contribution >= 0.6 is 0 Å². The van der Waals surface area contributed by atoms with Crippen molar-refractivity contribution in [3.63, 3.8) is 0 Å². The van der Waals surface area contributed by atoms with E-state index in [-0.39, 0.29) is 12.4 Å². The number of H-pyrrole nitrogens is 1. The van der Waals surface area contributed by atoms with Gasteiger partial charge >= 0.3 is 11.2 Å². The molecule has 2 N–H and O–H groups in total. The summed E-state index contributed by atoms with van der Waals surface area (Å²) in [6, 6.07) is 14.4. The quantitative estimate of drug-likeness (QED) is 0.404. The summed E-state index contributed by atoms with van der Waals surface area (Å²) in [4.78, 5) is 27.4. The maximum Gasteiger partial charge on any atom is 0.395 e. The second kappa shape index (κ2) is 9.90. The minimum atomic E-state index is -1.06. The summed E-state index contributed by atoms with van der Waals surface area (Å²) in [6.07, 6.45) is 2.97. The van der Waals surface area contributed by atoms with E-state index in [0.29, 0.717) is 29.2 Å². The lowest BCUT2D eigenvalue weighted by Crippen LogP contribution is -2.14.